The van der Waals surface area contributed by atoms with Crippen molar-refractivity contribution in [3.63, 3.8) is 0 Å². The first kappa shape index (κ1) is 18.9. The number of hydrogen-bond donors (Lipinski definition) is 1. The van der Waals surface area contributed by atoms with Crippen LogP contribution in [0.4, 0.5) is 0 Å². The first-order valence-electron chi connectivity index (χ1n) is 8.71. The summed E-state index contributed by atoms with van der Waals surface area (Å²) in [7, 11) is 1.62. The first-order chi connectivity index (χ1) is 13.2. The van der Waals surface area contributed by atoms with Gasteiger partial charge in [0.25, 0.3) is 5.91 Å². The molecule has 0 saturated carbocycles. The van der Waals surface area contributed by atoms with Gasteiger partial charge in [-0.05, 0) is 36.8 Å². The van der Waals surface area contributed by atoms with E-state index in [1.54, 1.807) is 7.11 Å². The van der Waals surface area contributed by atoms with Crippen molar-refractivity contribution in [1.29, 1.82) is 0 Å². The SMILES string of the molecule is COc1ccc(OCCNC(=O)c2sc(Cc3ccccc3)nc2C)cc1. The van der Waals surface area contributed by atoms with Gasteiger partial charge in [0, 0.05) is 6.42 Å². The fraction of sp³-hybridized carbons (Fsp3) is 0.238. The number of aryl methyl sites for hydroxylation is 1. The van der Waals surface area contributed by atoms with Crippen molar-refractivity contribution in [2.45, 2.75) is 13.3 Å². The minimum absolute atomic E-state index is 0.109. The predicted octanol–water partition coefficient (Wildman–Crippen LogP) is 3.86. The van der Waals surface area contributed by atoms with Crippen LogP contribution in [0.15, 0.2) is 54.6 Å². The minimum atomic E-state index is -0.109. The molecule has 1 N–H and O–H groups in total. The van der Waals surface area contributed by atoms with Crippen molar-refractivity contribution < 1.29 is 14.3 Å². The quantitative estimate of drug-likeness (QED) is 0.601. The van der Waals surface area contributed by atoms with Crippen LogP contribution in [0, 0.1) is 6.92 Å². The van der Waals surface area contributed by atoms with Gasteiger partial charge in [-0.1, -0.05) is 30.3 Å². The molecule has 0 unspecified atom stereocenters. The minimum Gasteiger partial charge on any atom is -0.497 e. The number of ether oxygens (including phenoxy) is 2. The van der Waals surface area contributed by atoms with Crippen LogP contribution in [0.1, 0.15) is 25.9 Å². The van der Waals surface area contributed by atoms with Gasteiger partial charge in [0.05, 0.1) is 24.4 Å². The summed E-state index contributed by atoms with van der Waals surface area (Å²) in [5.41, 5.74) is 1.95. The van der Waals surface area contributed by atoms with E-state index in [0.717, 1.165) is 28.6 Å². The molecular formula is C21H22N2O3S. The molecule has 3 rings (SSSR count). The smallest absolute Gasteiger partial charge is 0.263 e. The van der Waals surface area contributed by atoms with Crippen LogP contribution in [0.3, 0.4) is 0 Å². The molecule has 0 radical (unpaired) electrons. The van der Waals surface area contributed by atoms with Crippen molar-refractivity contribution in [3.05, 3.63) is 75.7 Å². The number of thiazole rings is 1. The molecule has 1 aromatic heterocycles. The van der Waals surface area contributed by atoms with Crippen molar-refractivity contribution in [1.82, 2.24) is 10.3 Å². The molecular weight excluding hydrogens is 360 g/mol. The third-order valence-corrected chi connectivity index (χ3v) is 5.12. The van der Waals surface area contributed by atoms with Gasteiger partial charge in [-0.15, -0.1) is 11.3 Å². The van der Waals surface area contributed by atoms with Crippen LogP contribution in [0.25, 0.3) is 0 Å². The fourth-order valence-electron chi connectivity index (χ4n) is 2.59. The second-order valence-electron chi connectivity index (χ2n) is 5.96. The molecule has 3 aromatic rings. The fourth-order valence-corrected chi connectivity index (χ4v) is 3.61. The van der Waals surface area contributed by atoms with Crippen molar-refractivity contribution in [2.24, 2.45) is 0 Å². The van der Waals surface area contributed by atoms with Gasteiger partial charge in [-0.2, -0.15) is 0 Å². The Morgan fingerprint density at radius 3 is 2.48 bits per heavy atom. The Labute approximate surface area is 163 Å². The van der Waals surface area contributed by atoms with E-state index in [0.29, 0.717) is 18.0 Å². The Kier molecular flexibility index (Phi) is 6.44. The Morgan fingerprint density at radius 1 is 1.07 bits per heavy atom. The Bertz CT molecular complexity index is 876. The normalized spacial score (nSPS) is 10.4. The van der Waals surface area contributed by atoms with Gasteiger partial charge in [0.1, 0.15) is 23.0 Å². The van der Waals surface area contributed by atoms with Gasteiger partial charge in [0.2, 0.25) is 0 Å². The van der Waals surface area contributed by atoms with Crippen LogP contribution in [-0.2, 0) is 6.42 Å². The number of benzene rings is 2. The molecule has 0 saturated heterocycles. The number of carbonyl (C=O) groups is 1. The molecule has 0 aliphatic rings. The lowest BCUT2D eigenvalue weighted by Crippen LogP contribution is -2.27. The molecule has 1 amide bonds. The van der Waals surface area contributed by atoms with Gasteiger partial charge < -0.3 is 14.8 Å². The van der Waals surface area contributed by atoms with Crippen LogP contribution in [0.2, 0.25) is 0 Å². The summed E-state index contributed by atoms with van der Waals surface area (Å²) in [5, 5.41) is 3.83. The standard InChI is InChI=1S/C21H22N2O3S/c1-15-20(27-19(23-15)14-16-6-4-3-5-7-16)21(24)22-12-13-26-18-10-8-17(25-2)9-11-18/h3-11H,12-14H2,1-2H3,(H,22,24). The molecule has 1 heterocycles. The number of hydrogen-bond acceptors (Lipinski definition) is 5. The van der Waals surface area contributed by atoms with E-state index in [1.807, 2.05) is 49.4 Å². The zero-order valence-electron chi connectivity index (χ0n) is 15.4. The molecule has 5 nitrogen and oxygen atoms in total. The molecule has 0 spiro atoms. The largest absolute Gasteiger partial charge is 0.497 e. The van der Waals surface area contributed by atoms with Crippen LogP contribution in [-0.4, -0.2) is 31.2 Å². The molecule has 6 heteroatoms. The summed E-state index contributed by atoms with van der Waals surface area (Å²) >= 11 is 1.44. The summed E-state index contributed by atoms with van der Waals surface area (Å²) in [4.78, 5) is 17.6. The summed E-state index contributed by atoms with van der Waals surface area (Å²) in [6, 6.07) is 17.5. The van der Waals surface area contributed by atoms with Crippen molar-refractivity contribution >= 4 is 17.2 Å². The second kappa shape index (κ2) is 9.19. The van der Waals surface area contributed by atoms with E-state index in [4.69, 9.17) is 9.47 Å². The third-order valence-electron chi connectivity index (χ3n) is 3.96. The third kappa shape index (κ3) is 5.31. The summed E-state index contributed by atoms with van der Waals surface area (Å²) in [5.74, 6) is 1.41. The lowest BCUT2D eigenvalue weighted by atomic mass is 10.2. The van der Waals surface area contributed by atoms with Crippen LogP contribution >= 0.6 is 11.3 Å². The van der Waals surface area contributed by atoms with Crippen LogP contribution in [0.5, 0.6) is 11.5 Å². The van der Waals surface area contributed by atoms with Crippen molar-refractivity contribution in [3.8, 4) is 11.5 Å². The maximum atomic E-state index is 12.4. The Morgan fingerprint density at radius 2 is 1.78 bits per heavy atom. The number of rotatable bonds is 8. The second-order valence-corrected chi connectivity index (χ2v) is 7.05. The monoisotopic (exact) mass is 382 g/mol. The molecule has 27 heavy (non-hydrogen) atoms. The molecule has 0 bridgehead atoms. The van der Waals surface area contributed by atoms with E-state index >= 15 is 0 Å². The maximum Gasteiger partial charge on any atom is 0.263 e. The number of amides is 1. The first-order valence-corrected chi connectivity index (χ1v) is 9.52. The highest BCUT2D eigenvalue weighted by atomic mass is 32.1. The van der Waals surface area contributed by atoms with Gasteiger partial charge in [-0.3, -0.25) is 4.79 Å². The van der Waals surface area contributed by atoms with E-state index in [9.17, 15) is 4.79 Å². The predicted molar refractivity (Wildman–Crippen MR) is 107 cm³/mol. The topological polar surface area (TPSA) is 60.5 Å². The highest BCUT2D eigenvalue weighted by Crippen LogP contribution is 2.21. The summed E-state index contributed by atoms with van der Waals surface area (Å²) < 4.78 is 10.7. The Hall–Kier alpha value is -2.86. The molecule has 0 atom stereocenters. The van der Waals surface area contributed by atoms with Gasteiger partial charge >= 0.3 is 0 Å². The maximum absolute atomic E-state index is 12.4. The van der Waals surface area contributed by atoms with E-state index in [2.05, 4.69) is 22.4 Å². The highest BCUT2D eigenvalue weighted by molar-refractivity contribution is 7.13. The lowest BCUT2D eigenvalue weighted by Gasteiger charge is -2.08. The number of methoxy groups -OCH3 is 1. The number of carbonyl (C=O) groups excluding carboxylic acids is 1. The number of nitrogens with one attached hydrogen (secondary N) is 1. The zero-order chi connectivity index (χ0) is 19.1. The summed E-state index contributed by atoms with van der Waals surface area (Å²) in [6.45, 7) is 2.69. The average molecular weight is 382 g/mol. The van der Waals surface area contributed by atoms with Gasteiger partial charge in [-0.25, -0.2) is 4.98 Å². The van der Waals surface area contributed by atoms with E-state index < -0.39 is 0 Å². The molecule has 2 aromatic carbocycles. The molecule has 0 aliphatic carbocycles. The highest BCUT2D eigenvalue weighted by Gasteiger charge is 2.15. The lowest BCUT2D eigenvalue weighted by molar-refractivity contribution is 0.0950. The zero-order valence-corrected chi connectivity index (χ0v) is 16.2. The molecule has 140 valence electrons. The van der Waals surface area contributed by atoms with E-state index in [-0.39, 0.29) is 5.91 Å². The van der Waals surface area contributed by atoms with Crippen LogP contribution < -0.4 is 14.8 Å². The van der Waals surface area contributed by atoms with Crippen molar-refractivity contribution in [2.75, 3.05) is 20.3 Å². The van der Waals surface area contributed by atoms with Gasteiger partial charge in [0.15, 0.2) is 0 Å². The average Bonchev–Trinajstić information content (AvgIpc) is 3.06. The number of nitrogens with zero attached hydrogens (tertiary/aromatic N) is 1. The number of aromatic nitrogens is 1. The molecule has 0 fully saturated rings. The van der Waals surface area contributed by atoms with E-state index in [1.165, 1.54) is 16.9 Å². The summed E-state index contributed by atoms with van der Waals surface area (Å²) in [6.07, 6.45) is 0.736. The Balaban J connectivity index is 1.49. The molecule has 0 aliphatic heterocycles.